The van der Waals surface area contributed by atoms with Crippen LogP contribution in [-0.4, -0.2) is 15.0 Å². The van der Waals surface area contributed by atoms with Gasteiger partial charge in [-0.15, -0.1) is 0 Å². The number of halogens is 7. The molecule has 0 N–H and O–H groups in total. The van der Waals surface area contributed by atoms with Gasteiger partial charge in [-0.1, -0.05) is 0 Å². The molecule has 1 rings (SSSR count). The molecule has 0 spiro atoms. The van der Waals surface area contributed by atoms with E-state index in [1.165, 1.54) is 5.82 Å². The average molecular weight is 311 g/mol. The number of hydrogen-bond acceptors (Lipinski definition) is 0. The summed E-state index contributed by atoms with van der Waals surface area (Å²) in [6, 6.07) is 0. The minimum atomic E-state index is -5.48. The van der Waals surface area contributed by atoms with Crippen molar-refractivity contribution in [3.8, 4) is 0 Å². The van der Waals surface area contributed by atoms with E-state index in [-0.39, 0.29) is 0 Å². The van der Waals surface area contributed by atoms with Gasteiger partial charge in [0.25, 0.3) is 0 Å². The Kier molecular flexibility index (Phi) is 3.54. The zero-order valence-corrected chi connectivity index (χ0v) is 9.27. The Labute approximate surface area is 91.6 Å². The van der Waals surface area contributed by atoms with Crippen molar-refractivity contribution in [3.05, 3.63) is 28.8 Å². The molecule has 0 nitrogen and oxygen atoms in total. The van der Waals surface area contributed by atoms with Crippen molar-refractivity contribution < 1.29 is 30.7 Å². The molecule has 1 aromatic carbocycles. The van der Waals surface area contributed by atoms with Gasteiger partial charge in [-0.25, -0.2) is 0 Å². The zero-order chi connectivity index (χ0) is 12.7. The first-order chi connectivity index (χ1) is 7.21. The minimum absolute atomic E-state index is 0.976. The molecule has 16 heavy (non-hydrogen) atoms. The van der Waals surface area contributed by atoms with Gasteiger partial charge in [-0.3, -0.25) is 0 Å². The standard InChI is InChI=1S/C8H3F7Se/c1-16-7-5(11)3(9)2(8(13,14)15)4(10)6(7)12/h1H3. The topological polar surface area (TPSA) is 0 Å². The SMILES string of the molecule is C[Se]c1c(F)c(F)c(C(F)(F)F)c(F)c1F. The molecule has 0 aliphatic heterocycles. The van der Waals surface area contributed by atoms with E-state index < -0.39 is 54.4 Å². The van der Waals surface area contributed by atoms with Crippen molar-refractivity contribution >= 4 is 19.4 Å². The fourth-order valence-electron chi connectivity index (χ4n) is 1.04. The quantitative estimate of drug-likeness (QED) is 0.425. The molecule has 0 fully saturated rings. The molecule has 0 saturated carbocycles. The van der Waals surface area contributed by atoms with Gasteiger partial charge in [0.1, 0.15) is 0 Å². The molecule has 0 radical (unpaired) electrons. The van der Waals surface area contributed by atoms with Gasteiger partial charge in [-0.2, -0.15) is 0 Å². The van der Waals surface area contributed by atoms with E-state index in [0.717, 1.165) is 0 Å². The summed E-state index contributed by atoms with van der Waals surface area (Å²) in [4.78, 5) is 0. The number of alkyl halides is 3. The fourth-order valence-corrected chi connectivity index (χ4v) is 2.17. The second-order valence-electron chi connectivity index (χ2n) is 2.66. The van der Waals surface area contributed by atoms with E-state index in [9.17, 15) is 30.7 Å². The van der Waals surface area contributed by atoms with Crippen molar-refractivity contribution in [2.24, 2.45) is 0 Å². The summed E-state index contributed by atoms with van der Waals surface area (Å²) in [6.45, 7) is 0. The summed E-state index contributed by atoms with van der Waals surface area (Å²) in [7, 11) is 0. The van der Waals surface area contributed by atoms with Crippen molar-refractivity contribution in [3.63, 3.8) is 0 Å². The van der Waals surface area contributed by atoms with E-state index >= 15 is 0 Å². The van der Waals surface area contributed by atoms with Crippen LogP contribution in [0.15, 0.2) is 0 Å². The van der Waals surface area contributed by atoms with E-state index in [0.29, 0.717) is 0 Å². The van der Waals surface area contributed by atoms with Crippen LogP contribution < -0.4 is 4.46 Å². The Balaban J connectivity index is 3.67. The Morgan fingerprint density at radius 1 is 0.812 bits per heavy atom. The van der Waals surface area contributed by atoms with E-state index in [1.54, 1.807) is 0 Å². The average Bonchev–Trinajstić information content (AvgIpc) is 2.14. The first kappa shape index (κ1) is 13.3. The molecule has 0 heterocycles. The maximum absolute atomic E-state index is 13.0. The van der Waals surface area contributed by atoms with Crippen molar-refractivity contribution in [1.29, 1.82) is 0 Å². The molecule has 0 atom stereocenters. The second-order valence-corrected chi connectivity index (χ2v) is 4.38. The first-order valence-electron chi connectivity index (χ1n) is 3.69. The predicted molar refractivity (Wildman–Crippen MR) is 42.5 cm³/mol. The van der Waals surface area contributed by atoms with Gasteiger partial charge in [0.05, 0.1) is 0 Å². The third kappa shape index (κ3) is 2.04. The van der Waals surface area contributed by atoms with E-state index in [2.05, 4.69) is 0 Å². The van der Waals surface area contributed by atoms with Crippen LogP contribution >= 0.6 is 0 Å². The summed E-state index contributed by atoms with van der Waals surface area (Å²) in [5.74, 6) is -7.53. The van der Waals surface area contributed by atoms with Gasteiger partial charge < -0.3 is 0 Å². The number of hydrogen-bond donors (Lipinski definition) is 0. The molecule has 0 amide bonds. The molecule has 0 bridgehead atoms. The van der Waals surface area contributed by atoms with Crippen LogP contribution in [-0.2, 0) is 6.18 Å². The zero-order valence-electron chi connectivity index (χ0n) is 7.55. The Hall–Kier alpha value is -0.751. The summed E-state index contributed by atoms with van der Waals surface area (Å²) in [5.41, 5.74) is -2.53. The van der Waals surface area contributed by atoms with Crippen LogP contribution in [0.5, 0.6) is 0 Å². The monoisotopic (exact) mass is 312 g/mol. The number of benzene rings is 1. The summed E-state index contributed by atoms with van der Waals surface area (Å²) >= 11 is -1.00. The van der Waals surface area contributed by atoms with E-state index in [1.807, 2.05) is 0 Å². The van der Waals surface area contributed by atoms with Crippen LogP contribution in [0.4, 0.5) is 30.7 Å². The fraction of sp³-hybridized carbons (Fsp3) is 0.250. The second kappa shape index (κ2) is 4.25. The summed E-state index contributed by atoms with van der Waals surface area (Å²) in [5, 5.41) is 0. The Morgan fingerprint density at radius 3 is 1.44 bits per heavy atom. The predicted octanol–water partition coefficient (Wildman–Crippen LogP) is 2.64. The van der Waals surface area contributed by atoms with Gasteiger partial charge in [0, 0.05) is 0 Å². The molecular formula is C8H3F7Se. The van der Waals surface area contributed by atoms with Crippen LogP contribution in [0.2, 0.25) is 5.82 Å². The number of rotatable bonds is 1. The van der Waals surface area contributed by atoms with Gasteiger partial charge >= 0.3 is 91.0 Å². The molecule has 0 aromatic heterocycles. The van der Waals surface area contributed by atoms with Gasteiger partial charge in [0.15, 0.2) is 0 Å². The van der Waals surface area contributed by atoms with Crippen molar-refractivity contribution in [2.45, 2.75) is 12.0 Å². The third-order valence-corrected chi connectivity index (χ3v) is 3.32. The van der Waals surface area contributed by atoms with E-state index in [4.69, 9.17) is 0 Å². The molecule has 0 aliphatic carbocycles. The van der Waals surface area contributed by atoms with Gasteiger partial charge in [-0.05, 0) is 0 Å². The van der Waals surface area contributed by atoms with Crippen molar-refractivity contribution in [1.82, 2.24) is 0 Å². The maximum atomic E-state index is 13.0. The van der Waals surface area contributed by atoms with Crippen LogP contribution in [0.25, 0.3) is 0 Å². The normalized spacial score (nSPS) is 12.0. The third-order valence-electron chi connectivity index (χ3n) is 1.71. The molecule has 90 valence electrons. The van der Waals surface area contributed by atoms with Crippen molar-refractivity contribution in [2.75, 3.05) is 0 Å². The van der Waals surface area contributed by atoms with Gasteiger partial charge in [0.2, 0.25) is 0 Å². The van der Waals surface area contributed by atoms with Crippen LogP contribution in [0, 0.1) is 23.3 Å². The molecular weight excluding hydrogens is 308 g/mol. The molecule has 0 aliphatic rings. The molecule has 8 heteroatoms. The molecule has 0 saturated heterocycles. The van der Waals surface area contributed by atoms with Crippen LogP contribution in [0.3, 0.4) is 0 Å². The summed E-state index contributed by atoms with van der Waals surface area (Å²) in [6.07, 6.45) is -5.48. The first-order valence-corrected chi connectivity index (χ1v) is 6.25. The summed E-state index contributed by atoms with van der Waals surface area (Å²) < 4.78 is 87.0. The van der Waals surface area contributed by atoms with Crippen LogP contribution in [0.1, 0.15) is 5.56 Å². The Bertz CT molecular complexity index is 394. The molecule has 0 unspecified atom stereocenters. The molecule has 1 aromatic rings. The Morgan fingerprint density at radius 2 is 1.19 bits per heavy atom.